The molecule has 61 heavy (non-hydrogen) atoms. The zero-order valence-corrected chi connectivity index (χ0v) is 39.9. The maximum absolute atomic E-state index is 12.8. The molecular formula is C55H94O6. The van der Waals surface area contributed by atoms with E-state index in [9.17, 15) is 14.4 Å². The van der Waals surface area contributed by atoms with E-state index in [1.54, 1.807) is 0 Å². The highest BCUT2D eigenvalue weighted by Crippen LogP contribution is 2.14. The third kappa shape index (κ3) is 47.7. The number of hydrogen-bond donors (Lipinski definition) is 0. The van der Waals surface area contributed by atoms with Gasteiger partial charge in [-0.1, -0.05) is 203 Å². The van der Waals surface area contributed by atoms with E-state index in [1.165, 1.54) is 89.9 Å². The SMILES string of the molecule is CC/C=C\C/C=C\C/C=C\C/C=C\C/C=C\CCCCCC(=O)OC[C@@H](COC(=O)CCCCCCCCCCCCCC)OC(=O)CCCCCCC/C=C\CCCCC. The van der Waals surface area contributed by atoms with Gasteiger partial charge in [0.15, 0.2) is 6.10 Å². The molecule has 0 aromatic heterocycles. The molecule has 6 nitrogen and oxygen atoms in total. The Hall–Kier alpha value is -3.15. The van der Waals surface area contributed by atoms with Gasteiger partial charge in [-0.2, -0.15) is 0 Å². The summed E-state index contributed by atoms with van der Waals surface area (Å²) in [6.45, 7) is 6.46. The van der Waals surface area contributed by atoms with Gasteiger partial charge in [0.2, 0.25) is 0 Å². The summed E-state index contributed by atoms with van der Waals surface area (Å²) in [7, 11) is 0. The van der Waals surface area contributed by atoms with Crippen molar-refractivity contribution in [2.45, 2.75) is 245 Å². The fourth-order valence-corrected chi connectivity index (χ4v) is 6.87. The number of carbonyl (C=O) groups excluding carboxylic acids is 3. The maximum atomic E-state index is 12.8. The van der Waals surface area contributed by atoms with Crippen LogP contribution >= 0.6 is 0 Å². The van der Waals surface area contributed by atoms with E-state index < -0.39 is 6.10 Å². The van der Waals surface area contributed by atoms with Crippen LogP contribution in [0.2, 0.25) is 0 Å². The first kappa shape index (κ1) is 57.9. The van der Waals surface area contributed by atoms with Gasteiger partial charge in [-0.15, -0.1) is 0 Å². The molecule has 0 saturated carbocycles. The average Bonchev–Trinajstić information content (AvgIpc) is 3.26. The summed E-state index contributed by atoms with van der Waals surface area (Å²) in [6, 6.07) is 0. The molecule has 0 fully saturated rings. The van der Waals surface area contributed by atoms with E-state index in [-0.39, 0.29) is 31.1 Å². The highest BCUT2D eigenvalue weighted by Gasteiger charge is 2.19. The van der Waals surface area contributed by atoms with Crippen molar-refractivity contribution in [3.8, 4) is 0 Å². The molecule has 0 radical (unpaired) electrons. The summed E-state index contributed by atoms with van der Waals surface area (Å²) < 4.78 is 16.7. The minimum absolute atomic E-state index is 0.0880. The predicted octanol–water partition coefficient (Wildman–Crippen LogP) is 16.6. The monoisotopic (exact) mass is 851 g/mol. The van der Waals surface area contributed by atoms with Crippen LogP contribution in [0.5, 0.6) is 0 Å². The largest absolute Gasteiger partial charge is 0.462 e. The molecule has 1 atom stereocenters. The van der Waals surface area contributed by atoms with Crippen molar-refractivity contribution in [3.05, 3.63) is 72.9 Å². The Kier molecular flexibility index (Phi) is 46.9. The predicted molar refractivity (Wildman–Crippen MR) is 261 cm³/mol. The lowest BCUT2D eigenvalue weighted by molar-refractivity contribution is -0.167. The molecule has 0 unspecified atom stereocenters. The fraction of sp³-hybridized carbons (Fsp3) is 0.727. The molecule has 0 heterocycles. The second-order valence-corrected chi connectivity index (χ2v) is 16.7. The van der Waals surface area contributed by atoms with E-state index in [2.05, 4.69) is 93.7 Å². The summed E-state index contributed by atoms with van der Waals surface area (Å²) in [5.41, 5.74) is 0. The van der Waals surface area contributed by atoms with Gasteiger partial charge in [-0.05, 0) is 89.9 Å². The molecule has 0 aromatic rings. The lowest BCUT2D eigenvalue weighted by Gasteiger charge is -2.18. The number of rotatable bonds is 45. The van der Waals surface area contributed by atoms with E-state index in [4.69, 9.17) is 14.2 Å². The Morgan fingerprint density at radius 3 is 1.07 bits per heavy atom. The topological polar surface area (TPSA) is 78.9 Å². The van der Waals surface area contributed by atoms with Gasteiger partial charge in [0.25, 0.3) is 0 Å². The van der Waals surface area contributed by atoms with Crippen LogP contribution in [-0.2, 0) is 28.6 Å². The summed E-state index contributed by atoms with van der Waals surface area (Å²) in [6.07, 6.45) is 61.7. The van der Waals surface area contributed by atoms with Crippen LogP contribution in [0.3, 0.4) is 0 Å². The third-order valence-electron chi connectivity index (χ3n) is 10.7. The minimum Gasteiger partial charge on any atom is -0.462 e. The lowest BCUT2D eigenvalue weighted by atomic mass is 10.0. The third-order valence-corrected chi connectivity index (χ3v) is 10.7. The molecule has 0 amide bonds. The molecule has 350 valence electrons. The van der Waals surface area contributed by atoms with E-state index >= 15 is 0 Å². The molecule has 0 aliphatic rings. The second kappa shape index (κ2) is 49.5. The smallest absolute Gasteiger partial charge is 0.306 e. The van der Waals surface area contributed by atoms with Crippen molar-refractivity contribution in [1.29, 1.82) is 0 Å². The van der Waals surface area contributed by atoms with Crippen LogP contribution in [0.1, 0.15) is 239 Å². The van der Waals surface area contributed by atoms with Crippen molar-refractivity contribution in [1.82, 2.24) is 0 Å². The molecule has 0 aromatic carbocycles. The quantitative estimate of drug-likeness (QED) is 0.0263. The molecule has 0 rings (SSSR count). The first-order valence-corrected chi connectivity index (χ1v) is 25.4. The minimum atomic E-state index is -0.790. The van der Waals surface area contributed by atoms with Crippen molar-refractivity contribution in [2.75, 3.05) is 13.2 Å². The number of carbonyl (C=O) groups is 3. The lowest BCUT2D eigenvalue weighted by Crippen LogP contribution is -2.30. The van der Waals surface area contributed by atoms with E-state index in [1.807, 2.05) is 0 Å². The van der Waals surface area contributed by atoms with Crippen LogP contribution in [0.25, 0.3) is 0 Å². The van der Waals surface area contributed by atoms with Crippen LogP contribution in [-0.4, -0.2) is 37.2 Å². The fourth-order valence-electron chi connectivity index (χ4n) is 6.87. The van der Waals surface area contributed by atoms with Crippen molar-refractivity contribution >= 4 is 17.9 Å². The summed E-state index contributed by atoms with van der Waals surface area (Å²) >= 11 is 0. The molecule has 0 N–H and O–H groups in total. The Morgan fingerprint density at radius 1 is 0.344 bits per heavy atom. The maximum Gasteiger partial charge on any atom is 0.306 e. The highest BCUT2D eigenvalue weighted by atomic mass is 16.6. The van der Waals surface area contributed by atoms with Gasteiger partial charge >= 0.3 is 17.9 Å². The van der Waals surface area contributed by atoms with Crippen LogP contribution in [0, 0.1) is 0 Å². The Balaban J connectivity index is 4.42. The molecule has 0 saturated heterocycles. The van der Waals surface area contributed by atoms with Gasteiger partial charge in [0.05, 0.1) is 0 Å². The standard InChI is InChI=1S/C55H94O6/c1-4-7-10-13-16-19-22-25-26-27-28-29-30-31-34-36-39-42-45-48-54(57)60-51-52(61-55(58)49-46-43-40-37-33-24-21-18-15-12-9-6-3)50-59-53(56)47-44-41-38-35-32-23-20-17-14-11-8-5-2/h7,10,16,18-19,21,25-26,28-29,31,34,52H,4-6,8-9,11-15,17,20,22-24,27,30,32-33,35-51H2,1-3H3/b10-7-,19-16-,21-18-,26-25-,29-28-,34-31-/t52-/m1/s1. The number of hydrogen-bond acceptors (Lipinski definition) is 6. The van der Waals surface area contributed by atoms with Crippen LogP contribution < -0.4 is 0 Å². The van der Waals surface area contributed by atoms with Gasteiger partial charge in [-0.25, -0.2) is 0 Å². The zero-order chi connectivity index (χ0) is 44.4. The van der Waals surface area contributed by atoms with Crippen molar-refractivity contribution in [2.24, 2.45) is 0 Å². The Bertz CT molecular complexity index is 1160. The summed E-state index contributed by atoms with van der Waals surface area (Å²) in [5, 5.41) is 0. The van der Waals surface area contributed by atoms with Crippen molar-refractivity contribution in [3.63, 3.8) is 0 Å². The first-order valence-electron chi connectivity index (χ1n) is 25.4. The normalized spacial score (nSPS) is 12.6. The first-order chi connectivity index (χ1) is 30.0. The zero-order valence-electron chi connectivity index (χ0n) is 39.9. The molecule has 0 bridgehead atoms. The number of unbranched alkanes of at least 4 members (excludes halogenated alkanes) is 22. The Labute approximate surface area is 376 Å². The highest BCUT2D eigenvalue weighted by molar-refractivity contribution is 5.71. The molecule has 0 aliphatic carbocycles. The summed E-state index contributed by atoms with van der Waals surface area (Å²) in [5.74, 6) is -0.930. The Morgan fingerprint density at radius 2 is 0.639 bits per heavy atom. The number of esters is 3. The van der Waals surface area contributed by atoms with Crippen LogP contribution in [0.15, 0.2) is 72.9 Å². The number of ether oxygens (including phenoxy) is 3. The molecular weight excluding hydrogens is 757 g/mol. The van der Waals surface area contributed by atoms with E-state index in [0.717, 1.165) is 109 Å². The van der Waals surface area contributed by atoms with Crippen molar-refractivity contribution < 1.29 is 28.6 Å². The average molecular weight is 851 g/mol. The van der Waals surface area contributed by atoms with E-state index in [0.29, 0.717) is 19.3 Å². The van der Waals surface area contributed by atoms with Crippen LogP contribution in [0.4, 0.5) is 0 Å². The molecule has 0 spiro atoms. The van der Waals surface area contributed by atoms with Gasteiger partial charge < -0.3 is 14.2 Å². The number of allylic oxidation sites excluding steroid dienone is 12. The summed E-state index contributed by atoms with van der Waals surface area (Å²) in [4.78, 5) is 37.9. The van der Waals surface area contributed by atoms with Gasteiger partial charge in [0.1, 0.15) is 13.2 Å². The molecule has 6 heteroatoms. The second-order valence-electron chi connectivity index (χ2n) is 16.7. The van der Waals surface area contributed by atoms with Gasteiger partial charge in [0, 0.05) is 19.3 Å². The van der Waals surface area contributed by atoms with Gasteiger partial charge in [-0.3, -0.25) is 14.4 Å². The molecule has 0 aliphatic heterocycles.